The van der Waals surface area contributed by atoms with E-state index in [2.05, 4.69) is 119 Å². The smallest absolute Gasteiger partial charge is 0.200 e. The first kappa shape index (κ1) is 28.4. The maximum absolute atomic E-state index is 7.45. The summed E-state index contributed by atoms with van der Waals surface area (Å²) in [5, 5.41) is 1.29. The molecular formula is C37H45BrN3+. The Balaban J connectivity index is 1.53. The molecular weight excluding hydrogens is 566 g/mol. The lowest BCUT2D eigenvalue weighted by Gasteiger charge is -2.49. The summed E-state index contributed by atoms with van der Waals surface area (Å²) >= 11 is 3.90. The Kier molecular flexibility index (Phi) is 8.00. The summed E-state index contributed by atoms with van der Waals surface area (Å²) in [7, 11) is 2.18. The largest absolute Gasteiger partial charge is 0.347 e. The van der Waals surface area contributed by atoms with Gasteiger partial charge in [0.05, 0.1) is 5.54 Å². The summed E-state index contributed by atoms with van der Waals surface area (Å²) in [4.78, 5) is 0. The maximum atomic E-state index is 7.45. The second-order valence-corrected chi connectivity index (χ2v) is 13.3. The van der Waals surface area contributed by atoms with Gasteiger partial charge in [-0.25, -0.2) is 4.58 Å². The minimum Gasteiger partial charge on any atom is -0.347 e. The van der Waals surface area contributed by atoms with Crippen molar-refractivity contribution >= 4 is 38.1 Å². The van der Waals surface area contributed by atoms with Gasteiger partial charge >= 0.3 is 0 Å². The molecule has 2 fully saturated rings. The minimum atomic E-state index is -0.105. The Morgan fingerprint density at radius 1 is 0.854 bits per heavy atom. The Labute approximate surface area is 254 Å². The van der Waals surface area contributed by atoms with Crippen LogP contribution in [0.5, 0.6) is 0 Å². The van der Waals surface area contributed by atoms with Gasteiger partial charge in [-0.15, -0.1) is 0 Å². The first-order chi connectivity index (χ1) is 19.9. The number of fused-ring (bicyclic) bond motifs is 1. The van der Waals surface area contributed by atoms with E-state index in [1.807, 2.05) is 0 Å². The molecule has 1 heterocycles. The van der Waals surface area contributed by atoms with Gasteiger partial charge in [0.2, 0.25) is 0 Å². The summed E-state index contributed by atoms with van der Waals surface area (Å²) in [6, 6.07) is 17.4. The summed E-state index contributed by atoms with van der Waals surface area (Å²) in [6.07, 6.45) is 22.0. The van der Waals surface area contributed by atoms with Crippen molar-refractivity contribution in [2.45, 2.75) is 89.1 Å². The number of benzene rings is 2. The third kappa shape index (κ3) is 4.81. The van der Waals surface area contributed by atoms with E-state index >= 15 is 0 Å². The van der Waals surface area contributed by atoms with Gasteiger partial charge in [-0.1, -0.05) is 78.0 Å². The van der Waals surface area contributed by atoms with Gasteiger partial charge in [0.25, 0.3) is 0 Å². The number of para-hydroxylation sites is 1. The van der Waals surface area contributed by atoms with E-state index in [1.54, 1.807) is 0 Å². The molecule has 0 radical (unpaired) electrons. The highest BCUT2D eigenvalue weighted by molar-refractivity contribution is 9.10. The average molecular weight is 612 g/mol. The van der Waals surface area contributed by atoms with Crippen molar-refractivity contribution in [3.8, 4) is 0 Å². The SMILES string of the molecule is CC[N+](=C1C=CC(=C(c2ccccc2Br)c2c(C)n(C)c3ccccc23)C=C1)C1(C2(N)CCCCC2)CCCCC1. The van der Waals surface area contributed by atoms with Crippen LogP contribution in [0.4, 0.5) is 0 Å². The summed E-state index contributed by atoms with van der Waals surface area (Å²) in [6.45, 7) is 5.56. The summed E-state index contributed by atoms with van der Waals surface area (Å²) in [5.41, 5.74) is 16.3. The molecule has 3 aliphatic rings. The molecule has 3 aliphatic carbocycles. The summed E-state index contributed by atoms with van der Waals surface area (Å²) in [5.74, 6) is 0. The predicted molar refractivity (Wildman–Crippen MR) is 178 cm³/mol. The number of aromatic nitrogens is 1. The monoisotopic (exact) mass is 610 g/mol. The minimum absolute atomic E-state index is 0.0448. The zero-order valence-electron chi connectivity index (χ0n) is 25.1. The molecule has 3 nitrogen and oxygen atoms in total. The fraction of sp³-hybridized carbons (Fsp3) is 0.432. The van der Waals surface area contributed by atoms with E-state index in [0.717, 1.165) is 23.9 Å². The second-order valence-electron chi connectivity index (χ2n) is 12.5. The van der Waals surface area contributed by atoms with E-state index < -0.39 is 0 Å². The van der Waals surface area contributed by atoms with Crippen LogP contribution in [0.25, 0.3) is 16.5 Å². The van der Waals surface area contributed by atoms with Crippen LogP contribution in [0, 0.1) is 6.92 Å². The molecule has 1 aromatic heterocycles. The Morgan fingerprint density at radius 2 is 1.46 bits per heavy atom. The molecule has 2 N–H and O–H groups in total. The fourth-order valence-electron chi connectivity index (χ4n) is 8.30. The van der Waals surface area contributed by atoms with E-state index in [9.17, 15) is 0 Å². The molecule has 4 heteroatoms. The molecule has 0 bridgehead atoms. The van der Waals surface area contributed by atoms with Crippen molar-refractivity contribution in [1.82, 2.24) is 4.57 Å². The quantitative estimate of drug-likeness (QED) is 0.287. The number of hydrogen-bond donors (Lipinski definition) is 1. The maximum Gasteiger partial charge on any atom is 0.200 e. The van der Waals surface area contributed by atoms with Crippen molar-refractivity contribution in [2.24, 2.45) is 12.8 Å². The lowest BCUT2D eigenvalue weighted by Crippen LogP contribution is -2.68. The Morgan fingerprint density at radius 3 is 2.12 bits per heavy atom. The fourth-order valence-corrected chi connectivity index (χ4v) is 8.78. The molecule has 0 spiro atoms. The number of likely N-dealkylation sites (N-methyl/N-ethyl adjacent to an activating group) is 1. The number of nitrogens with two attached hydrogens (primary N) is 1. The normalized spacial score (nSPS) is 20.0. The van der Waals surface area contributed by atoms with Crippen LogP contribution in [0.1, 0.15) is 88.0 Å². The van der Waals surface area contributed by atoms with Gasteiger partial charge in [-0.3, -0.25) is 0 Å². The molecule has 6 rings (SSSR count). The third-order valence-corrected chi connectivity index (χ3v) is 11.1. The number of halogens is 1. The number of nitrogens with zero attached hydrogens (tertiary/aromatic N) is 2. The Bertz CT molecular complexity index is 1550. The van der Waals surface area contributed by atoms with E-state index in [0.29, 0.717) is 0 Å². The van der Waals surface area contributed by atoms with Gasteiger partial charge in [0.15, 0.2) is 11.3 Å². The van der Waals surface area contributed by atoms with Crippen molar-refractivity contribution in [1.29, 1.82) is 0 Å². The van der Waals surface area contributed by atoms with E-state index in [1.165, 1.54) is 95.9 Å². The highest BCUT2D eigenvalue weighted by Gasteiger charge is 2.57. The number of hydrogen-bond acceptors (Lipinski definition) is 1. The molecule has 0 aliphatic heterocycles. The average Bonchev–Trinajstić information content (AvgIpc) is 3.25. The number of aryl methyl sites for hydroxylation is 1. The van der Waals surface area contributed by atoms with Crippen LogP contribution in [-0.4, -0.2) is 32.5 Å². The van der Waals surface area contributed by atoms with Crippen molar-refractivity contribution < 1.29 is 4.58 Å². The van der Waals surface area contributed by atoms with E-state index in [-0.39, 0.29) is 11.1 Å². The van der Waals surface area contributed by atoms with Crippen LogP contribution in [0.2, 0.25) is 0 Å². The predicted octanol–water partition coefficient (Wildman–Crippen LogP) is 9.02. The molecule has 0 saturated heterocycles. The molecule has 0 unspecified atom stereocenters. The van der Waals surface area contributed by atoms with Crippen LogP contribution in [-0.2, 0) is 7.05 Å². The number of rotatable bonds is 5. The standard InChI is InChI=1S/C37H45BrN3/c1-4-41(37(25-13-6-14-26-37)36(39)23-11-5-12-24-36)29-21-19-28(20-22-29)35(30-15-7-9-17-32(30)38)34-27(2)40(3)33-18-10-8-16-31(33)34/h7-10,15-22H,4-6,11-14,23-26,39H2,1-3H3/q+1. The molecule has 0 amide bonds. The topological polar surface area (TPSA) is 34.0 Å². The molecule has 0 atom stereocenters. The zero-order valence-corrected chi connectivity index (χ0v) is 26.6. The van der Waals surface area contributed by atoms with Gasteiger partial charge < -0.3 is 10.3 Å². The molecule has 2 aromatic carbocycles. The highest BCUT2D eigenvalue weighted by Crippen LogP contribution is 2.46. The van der Waals surface area contributed by atoms with Gasteiger partial charge in [0.1, 0.15) is 6.54 Å². The third-order valence-electron chi connectivity index (χ3n) is 10.4. The zero-order chi connectivity index (χ0) is 28.6. The lowest BCUT2D eigenvalue weighted by atomic mass is 9.62. The van der Waals surface area contributed by atoms with Gasteiger partial charge in [-0.05, 0) is 80.5 Å². The van der Waals surface area contributed by atoms with Crippen molar-refractivity contribution in [3.63, 3.8) is 0 Å². The van der Waals surface area contributed by atoms with Crippen LogP contribution in [0.3, 0.4) is 0 Å². The first-order valence-corrected chi connectivity index (χ1v) is 16.5. The van der Waals surface area contributed by atoms with Gasteiger partial charge in [-0.2, -0.15) is 0 Å². The Hall–Kier alpha value is -2.69. The summed E-state index contributed by atoms with van der Waals surface area (Å²) < 4.78 is 6.15. The highest BCUT2D eigenvalue weighted by atomic mass is 79.9. The molecule has 2 saturated carbocycles. The van der Waals surface area contributed by atoms with Crippen LogP contribution < -0.4 is 5.73 Å². The van der Waals surface area contributed by atoms with Crippen molar-refractivity contribution in [2.75, 3.05) is 6.54 Å². The molecule has 3 aromatic rings. The molecule has 214 valence electrons. The molecule has 41 heavy (non-hydrogen) atoms. The first-order valence-electron chi connectivity index (χ1n) is 15.7. The van der Waals surface area contributed by atoms with Crippen LogP contribution >= 0.6 is 15.9 Å². The van der Waals surface area contributed by atoms with Crippen molar-refractivity contribution in [3.05, 3.63) is 99.7 Å². The van der Waals surface area contributed by atoms with Gasteiger partial charge in [0, 0.05) is 58.7 Å². The second kappa shape index (κ2) is 11.5. The van der Waals surface area contributed by atoms with E-state index in [4.69, 9.17) is 5.73 Å². The number of allylic oxidation sites excluding steroid dienone is 5. The lowest BCUT2D eigenvalue weighted by molar-refractivity contribution is -0.622. The van der Waals surface area contributed by atoms with Crippen LogP contribution in [0.15, 0.2) is 82.9 Å².